The molecule has 30 heavy (non-hydrogen) atoms. The summed E-state index contributed by atoms with van der Waals surface area (Å²) in [6.07, 6.45) is 0. The standard InChI is InChI=1S/C21H18Cl2N4O3/c1-26(13-19(28)24-15-7-8-16(22)17(23)11-15)21(30)18-9-10-20(29)27(25-18)12-14-5-3-2-4-6-14/h2-11H,12-13H2,1H3,(H,24,28). The smallest absolute Gasteiger partial charge is 0.274 e. The van der Waals surface area contributed by atoms with E-state index in [9.17, 15) is 14.4 Å². The van der Waals surface area contributed by atoms with Crippen molar-refractivity contribution in [3.63, 3.8) is 0 Å². The molecule has 3 rings (SSSR count). The Morgan fingerprint density at radius 3 is 2.47 bits per heavy atom. The third-order valence-electron chi connectivity index (χ3n) is 4.19. The number of carbonyl (C=O) groups excluding carboxylic acids is 2. The SMILES string of the molecule is CN(CC(=O)Nc1ccc(Cl)c(Cl)c1)C(=O)c1ccc(=O)n(Cc2ccccc2)n1. The summed E-state index contributed by atoms with van der Waals surface area (Å²) < 4.78 is 1.21. The van der Waals surface area contributed by atoms with Crippen molar-refractivity contribution in [1.29, 1.82) is 0 Å². The van der Waals surface area contributed by atoms with Gasteiger partial charge in [0.15, 0.2) is 0 Å². The van der Waals surface area contributed by atoms with Crippen LogP contribution in [0.1, 0.15) is 16.1 Å². The minimum Gasteiger partial charge on any atom is -0.331 e. The summed E-state index contributed by atoms with van der Waals surface area (Å²) in [6, 6.07) is 16.6. The molecule has 3 aromatic rings. The number of anilines is 1. The molecule has 0 fully saturated rings. The third kappa shape index (κ3) is 5.46. The summed E-state index contributed by atoms with van der Waals surface area (Å²) in [5.41, 5.74) is 1.08. The quantitative estimate of drug-likeness (QED) is 0.631. The minimum atomic E-state index is -0.485. The number of benzene rings is 2. The molecular weight excluding hydrogens is 427 g/mol. The predicted octanol–water partition coefficient (Wildman–Crippen LogP) is 3.31. The second kappa shape index (κ2) is 9.56. The zero-order valence-electron chi connectivity index (χ0n) is 16.0. The van der Waals surface area contributed by atoms with Gasteiger partial charge in [0, 0.05) is 18.8 Å². The van der Waals surface area contributed by atoms with E-state index in [2.05, 4.69) is 10.4 Å². The maximum Gasteiger partial charge on any atom is 0.274 e. The fraction of sp³-hybridized carbons (Fsp3) is 0.143. The van der Waals surface area contributed by atoms with Crippen LogP contribution in [0.4, 0.5) is 5.69 Å². The van der Waals surface area contributed by atoms with Gasteiger partial charge in [-0.25, -0.2) is 4.68 Å². The second-order valence-electron chi connectivity index (χ2n) is 6.54. The Hall–Kier alpha value is -3.16. The Bertz CT molecular complexity index is 1130. The number of rotatable bonds is 6. The molecule has 7 nitrogen and oxygen atoms in total. The summed E-state index contributed by atoms with van der Waals surface area (Å²) >= 11 is 11.8. The van der Waals surface area contributed by atoms with Crippen molar-refractivity contribution in [2.75, 3.05) is 18.9 Å². The van der Waals surface area contributed by atoms with Gasteiger partial charge in [-0.15, -0.1) is 0 Å². The molecule has 0 radical (unpaired) electrons. The Kier molecular flexibility index (Phi) is 6.87. The maximum absolute atomic E-state index is 12.7. The second-order valence-corrected chi connectivity index (χ2v) is 7.35. The number of nitrogens with zero attached hydrogens (tertiary/aromatic N) is 3. The molecule has 0 unspecified atom stereocenters. The number of amides is 2. The topological polar surface area (TPSA) is 84.3 Å². The molecule has 0 aliphatic rings. The Balaban J connectivity index is 1.67. The Morgan fingerprint density at radius 1 is 1.03 bits per heavy atom. The molecule has 0 saturated carbocycles. The highest BCUT2D eigenvalue weighted by Crippen LogP contribution is 2.24. The van der Waals surface area contributed by atoms with Gasteiger partial charge in [0.2, 0.25) is 5.91 Å². The lowest BCUT2D eigenvalue weighted by Gasteiger charge is -2.17. The Morgan fingerprint density at radius 2 is 1.77 bits per heavy atom. The van der Waals surface area contributed by atoms with Crippen LogP contribution >= 0.6 is 23.2 Å². The molecule has 1 heterocycles. The van der Waals surface area contributed by atoms with Gasteiger partial charge in [-0.05, 0) is 29.8 Å². The predicted molar refractivity (Wildman–Crippen MR) is 116 cm³/mol. The van der Waals surface area contributed by atoms with Crippen LogP contribution in [-0.4, -0.2) is 40.1 Å². The normalized spacial score (nSPS) is 10.5. The molecule has 0 aliphatic carbocycles. The molecule has 0 spiro atoms. The van der Waals surface area contributed by atoms with Gasteiger partial charge < -0.3 is 10.2 Å². The molecule has 0 atom stereocenters. The fourth-order valence-corrected chi connectivity index (χ4v) is 2.99. The van der Waals surface area contributed by atoms with Crippen LogP contribution in [0.25, 0.3) is 0 Å². The lowest BCUT2D eigenvalue weighted by Crippen LogP contribution is -2.36. The first kappa shape index (κ1) is 21.5. The van der Waals surface area contributed by atoms with Gasteiger partial charge in [-0.2, -0.15) is 5.10 Å². The first-order valence-electron chi connectivity index (χ1n) is 8.96. The minimum absolute atomic E-state index is 0.0652. The van der Waals surface area contributed by atoms with E-state index in [1.807, 2.05) is 30.3 Å². The van der Waals surface area contributed by atoms with Crippen molar-refractivity contribution < 1.29 is 9.59 Å². The number of carbonyl (C=O) groups is 2. The van der Waals surface area contributed by atoms with E-state index in [1.165, 1.54) is 34.8 Å². The average molecular weight is 445 g/mol. The number of nitrogens with one attached hydrogen (secondary N) is 1. The zero-order chi connectivity index (χ0) is 21.7. The summed E-state index contributed by atoms with van der Waals surface area (Å²) in [7, 11) is 1.48. The monoisotopic (exact) mass is 444 g/mol. The molecule has 0 bridgehead atoms. The summed E-state index contributed by atoms with van der Waals surface area (Å²) in [6.45, 7) is 0.0287. The van der Waals surface area contributed by atoms with Crippen LogP contribution in [-0.2, 0) is 11.3 Å². The van der Waals surface area contributed by atoms with E-state index < -0.39 is 11.8 Å². The van der Waals surface area contributed by atoms with Gasteiger partial charge in [0.05, 0.1) is 23.1 Å². The molecule has 0 aliphatic heterocycles. The molecule has 154 valence electrons. The van der Waals surface area contributed by atoms with Crippen LogP contribution < -0.4 is 10.9 Å². The van der Waals surface area contributed by atoms with E-state index in [0.29, 0.717) is 15.7 Å². The highest BCUT2D eigenvalue weighted by atomic mass is 35.5. The van der Waals surface area contributed by atoms with E-state index in [4.69, 9.17) is 23.2 Å². The summed E-state index contributed by atoms with van der Waals surface area (Å²) in [5.74, 6) is -0.900. The van der Waals surface area contributed by atoms with Crippen molar-refractivity contribution in [2.24, 2.45) is 0 Å². The van der Waals surface area contributed by atoms with Crippen LogP contribution in [0.3, 0.4) is 0 Å². The van der Waals surface area contributed by atoms with Crippen molar-refractivity contribution in [3.05, 3.63) is 92.3 Å². The van der Waals surface area contributed by atoms with Crippen LogP contribution in [0.2, 0.25) is 10.0 Å². The van der Waals surface area contributed by atoms with Crippen LogP contribution in [0, 0.1) is 0 Å². The lowest BCUT2D eigenvalue weighted by molar-refractivity contribution is -0.116. The molecule has 1 N–H and O–H groups in total. The highest BCUT2D eigenvalue weighted by Gasteiger charge is 2.18. The molecule has 1 aromatic heterocycles. The van der Waals surface area contributed by atoms with E-state index in [-0.39, 0.29) is 24.3 Å². The molecule has 9 heteroatoms. The molecule has 2 amide bonds. The number of aromatic nitrogens is 2. The largest absolute Gasteiger partial charge is 0.331 e. The average Bonchev–Trinajstić information content (AvgIpc) is 2.72. The van der Waals surface area contributed by atoms with Crippen LogP contribution in [0.15, 0.2) is 65.5 Å². The van der Waals surface area contributed by atoms with Crippen molar-refractivity contribution in [1.82, 2.24) is 14.7 Å². The van der Waals surface area contributed by atoms with Gasteiger partial charge in [-0.1, -0.05) is 53.5 Å². The van der Waals surface area contributed by atoms with E-state index >= 15 is 0 Å². The Labute approximate surface area is 182 Å². The molecule has 0 saturated heterocycles. The van der Waals surface area contributed by atoms with Gasteiger partial charge in [0.1, 0.15) is 5.69 Å². The van der Waals surface area contributed by atoms with Crippen molar-refractivity contribution >= 4 is 40.7 Å². The summed E-state index contributed by atoms with van der Waals surface area (Å²) in [4.78, 5) is 38.2. The van der Waals surface area contributed by atoms with Gasteiger partial charge >= 0.3 is 0 Å². The van der Waals surface area contributed by atoms with Crippen molar-refractivity contribution in [2.45, 2.75) is 6.54 Å². The molecular formula is C21H18Cl2N4O3. The van der Waals surface area contributed by atoms with E-state index in [1.54, 1.807) is 12.1 Å². The van der Waals surface area contributed by atoms with Gasteiger partial charge in [-0.3, -0.25) is 14.4 Å². The summed E-state index contributed by atoms with van der Waals surface area (Å²) in [5, 5.41) is 7.48. The third-order valence-corrected chi connectivity index (χ3v) is 4.93. The highest BCUT2D eigenvalue weighted by molar-refractivity contribution is 6.42. The van der Waals surface area contributed by atoms with E-state index in [0.717, 1.165) is 5.56 Å². The first-order valence-corrected chi connectivity index (χ1v) is 9.71. The number of hydrogen-bond donors (Lipinski definition) is 1. The number of hydrogen-bond acceptors (Lipinski definition) is 4. The number of likely N-dealkylation sites (N-methyl/N-ethyl adjacent to an activating group) is 1. The first-order chi connectivity index (χ1) is 14.3. The number of halogens is 2. The maximum atomic E-state index is 12.7. The fourth-order valence-electron chi connectivity index (χ4n) is 2.69. The lowest BCUT2D eigenvalue weighted by atomic mass is 10.2. The zero-order valence-corrected chi connectivity index (χ0v) is 17.5. The van der Waals surface area contributed by atoms with Crippen molar-refractivity contribution in [3.8, 4) is 0 Å². The molecule has 2 aromatic carbocycles. The van der Waals surface area contributed by atoms with Crippen LogP contribution in [0.5, 0.6) is 0 Å². The van der Waals surface area contributed by atoms with Gasteiger partial charge in [0.25, 0.3) is 11.5 Å².